The lowest BCUT2D eigenvalue weighted by molar-refractivity contribution is -0.133. The zero-order valence-electron chi connectivity index (χ0n) is 16.8. The summed E-state index contributed by atoms with van der Waals surface area (Å²) in [6.45, 7) is 3.71. The van der Waals surface area contributed by atoms with Gasteiger partial charge in [-0.05, 0) is 61.1 Å². The standard InChI is InChI=1S/C23H26ClNO4/c1-15(18-5-6-18)25(14-16-3-7-19(27-2)8-4-16)22(26)13-17-11-20(24)23-21(12-17)28-9-10-29-23/h3-4,7-8,11-12,15,18H,5-6,9-10,13-14H2,1-2H3. The van der Waals surface area contributed by atoms with Crippen LogP contribution < -0.4 is 14.2 Å². The van der Waals surface area contributed by atoms with E-state index in [-0.39, 0.29) is 18.4 Å². The van der Waals surface area contributed by atoms with Gasteiger partial charge in [-0.1, -0.05) is 23.7 Å². The number of fused-ring (bicyclic) bond motifs is 1. The summed E-state index contributed by atoms with van der Waals surface area (Å²) >= 11 is 6.35. The van der Waals surface area contributed by atoms with Crippen LogP contribution in [0.25, 0.3) is 0 Å². The molecular weight excluding hydrogens is 390 g/mol. The van der Waals surface area contributed by atoms with Crippen molar-refractivity contribution in [1.29, 1.82) is 0 Å². The van der Waals surface area contributed by atoms with Gasteiger partial charge in [-0.25, -0.2) is 0 Å². The molecular formula is C23H26ClNO4. The summed E-state index contributed by atoms with van der Waals surface area (Å²) in [7, 11) is 1.65. The van der Waals surface area contributed by atoms with Crippen LogP contribution in [0.15, 0.2) is 36.4 Å². The summed E-state index contributed by atoms with van der Waals surface area (Å²) < 4.78 is 16.5. The minimum atomic E-state index is 0.0907. The Balaban J connectivity index is 1.52. The zero-order valence-corrected chi connectivity index (χ0v) is 17.6. The number of hydrogen-bond acceptors (Lipinski definition) is 4. The van der Waals surface area contributed by atoms with Gasteiger partial charge in [0.15, 0.2) is 11.5 Å². The van der Waals surface area contributed by atoms with E-state index >= 15 is 0 Å². The van der Waals surface area contributed by atoms with Crippen LogP contribution in [0.1, 0.15) is 30.9 Å². The van der Waals surface area contributed by atoms with Crippen molar-refractivity contribution in [3.05, 3.63) is 52.5 Å². The van der Waals surface area contributed by atoms with E-state index in [2.05, 4.69) is 6.92 Å². The Hall–Kier alpha value is -2.40. The molecule has 4 rings (SSSR count). The van der Waals surface area contributed by atoms with E-state index in [1.54, 1.807) is 13.2 Å². The van der Waals surface area contributed by atoms with E-state index in [1.807, 2.05) is 35.2 Å². The van der Waals surface area contributed by atoms with Crippen LogP contribution in [0, 0.1) is 5.92 Å². The van der Waals surface area contributed by atoms with Gasteiger partial charge in [-0.15, -0.1) is 0 Å². The maximum absolute atomic E-state index is 13.3. The first-order chi connectivity index (χ1) is 14.0. The number of carbonyl (C=O) groups is 1. The zero-order chi connectivity index (χ0) is 20.4. The number of rotatable bonds is 7. The molecule has 1 saturated carbocycles. The predicted molar refractivity (Wildman–Crippen MR) is 112 cm³/mol. The molecule has 5 nitrogen and oxygen atoms in total. The normalized spacial score (nSPS) is 16.2. The van der Waals surface area contributed by atoms with E-state index in [4.69, 9.17) is 25.8 Å². The van der Waals surface area contributed by atoms with Gasteiger partial charge in [0.05, 0.1) is 18.6 Å². The Labute approximate surface area is 176 Å². The minimum Gasteiger partial charge on any atom is -0.497 e. The number of hydrogen-bond donors (Lipinski definition) is 0. The summed E-state index contributed by atoms with van der Waals surface area (Å²) in [6, 6.07) is 11.8. The van der Waals surface area contributed by atoms with Gasteiger partial charge in [0, 0.05) is 12.6 Å². The fourth-order valence-corrected chi connectivity index (χ4v) is 4.05. The van der Waals surface area contributed by atoms with Crippen LogP contribution in [0.5, 0.6) is 17.2 Å². The SMILES string of the molecule is COc1ccc(CN(C(=O)Cc2cc(Cl)c3c(c2)OCCO3)C(C)C2CC2)cc1. The largest absolute Gasteiger partial charge is 0.497 e. The van der Waals surface area contributed by atoms with Crippen molar-refractivity contribution < 1.29 is 19.0 Å². The number of nitrogens with zero attached hydrogens (tertiary/aromatic N) is 1. The molecule has 1 aliphatic carbocycles. The third-order valence-electron chi connectivity index (χ3n) is 5.64. The number of methoxy groups -OCH3 is 1. The molecule has 29 heavy (non-hydrogen) atoms. The molecule has 2 aliphatic rings. The van der Waals surface area contributed by atoms with Crippen molar-refractivity contribution >= 4 is 17.5 Å². The summed E-state index contributed by atoms with van der Waals surface area (Å²) in [4.78, 5) is 15.3. The highest BCUT2D eigenvalue weighted by Crippen LogP contribution is 2.39. The van der Waals surface area contributed by atoms with E-state index in [1.165, 1.54) is 12.8 Å². The molecule has 2 aromatic carbocycles. The van der Waals surface area contributed by atoms with E-state index < -0.39 is 0 Å². The lowest BCUT2D eigenvalue weighted by atomic mass is 10.1. The number of benzene rings is 2. The molecule has 2 aromatic rings. The Bertz CT molecular complexity index is 879. The molecule has 1 heterocycles. The average molecular weight is 416 g/mol. The molecule has 0 aromatic heterocycles. The number of carbonyl (C=O) groups excluding carboxylic acids is 1. The van der Waals surface area contributed by atoms with Crippen molar-refractivity contribution in [2.75, 3.05) is 20.3 Å². The molecule has 154 valence electrons. The molecule has 0 radical (unpaired) electrons. The minimum absolute atomic E-state index is 0.0907. The lowest BCUT2D eigenvalue weighted by Crippen LogP contribution is -2.40. The second-order valence-electron chi connectivity index (χ2n) is 7.73. The van der Waals surface area contributed by atoms with Gasteiger partial charge < -0.3 is 19.1 Å². The maximum atomic E-state index is 13.3. The van der Waals surface area contributed by atoms with Gasteiger partial charge in [0.1, 0.15) is 19.0 Å². The molecule has 0 saturated heterocycles. The van der Waals surface area contributed by atoms with Crippen molar-refractivity contribution in [2.45, 2.75) is 38.8 Å². The fourth-order valence-electron chi connectivity index (χ4n) is 3.76. The predicted octanol–water partition coefficient (Wildman–Crippen LogP) is 4.49. The van der Waals surface area contributed by atoms with Crippen LogP contribution in [0.3, 0.4) is 0 Å². The number of halogens is 1. The van der Waals surface area contributed by atoms with Crippen molar-refractivity contribution in [2.24, 2.45) is 5.92 Å². The van der Waals surface area contributed by atoms with Crippen LogP contribution >= 0.6 is 11.6 Å². The van der Waals surface area contributed by atoms with Gasteiger partial charge in [-0.2, -0.15) is 0 Å². The second kappa shape index (κ2) is 8.54. The smallest absolute Gasteiger partial charge is 0.227 e. The molecule has 1 fully saturated rings. The molecule has 0 spiro atoms. The molecule has 6 heteroatoms. The summed E-state index contributed by atoms with van der Waals surface area (Å²) in [6.07, 6.45) is 2.65. The lowest BCUT2D eigenvalue weighted by Gasteiger charge is -2.30. The Morgan fingerprint density at radius 3 is 2.59 bits per heavy atom. The number of ether oxygens (including phenoxy) is 3. The van der Waals surface area contributed by atoms with Gasteiger partial charge in [0.25, 0.3) is 0 Å². The topological polar surface area (TPSA) is 48.0 Å². The van der Waals surface area contributed by atoms with Crippen molar-refractivity contribution in [3.8, 4) is 17.2 Å². The van der Waals surface area contributed by atoms with Crippen LogP contribution in [0.4, 0.5) is 0 Å². The summed E-state index contributed by atoms with van der Waals surface area (Å²) in [5, 5.41) is 0.488. The second-order valence-corrected chi connectivity index (χ2v) is 8.13. The van der Waals surface area contributed by atoms with Crippen molar-refractivity contribution in [3.63, 3.8) is 0 Å². The molecule has 0 bridgehead atoms. The average Bonchev–Trinajstić information content (AvgIpc) is 3.57. The number of amides is 1. The molecule has 1 amide bonds. The summed E-state index contributed by atoms with van der Waals surface area (Å²) in [5.74, 6) is 2.67. The Morgan fingerprint density at radius 1 is 1.17 bits per heavy atom. The third kappa shape index (κ3) is 4.61. The van der Waals surface area contributed by atoms with Gasteiger partial charge in [0.2, 0.25) is 5.91 Å². The van der Waals surface area contributed by atoms with Gasteiger partial charge in [-0.3, -0.25) is 4.79 Å². The first-order valence-electron chi connectivity index (χ1n) is 10.1. The highest BCUT2D eigenvalue weighted by molar-refractivity contribution is 6.32. The summed E-state index contributed by atoms with van der Waals surface area (Å²) in [5.41, 5.74) is 1.93. The van der Waals surface area contributed by atoms with E-state index in [0.717, 1.165) is 16.9 Å². The highest BCUT2D eigenvalue weighted by atomic mass is 35.5. The Kier molecular flexibility index (Phi) is 5.86. The van der Waals surface area contributed by atoms with E-state index in [0.29, 0.717) is 42.2 Å². The molecule has 0 N–H and O–H groups in total. The monoisotopic (exact) mass is 415 g/mol. The quantitative estimate of drug-likeness (QED) is 0.668. The van der Waals surface area contributed by atoms with Gasteiger partial charge >= 0.3 is 0 Å². The maximum Gasteiger partial charge on any atom is 0.227 e. The van der Waals surface area contributed by atoms with Crippen LogP contribution in [-0.2, 0) is 17.8 Å². The molecule has 1 atom stereocenters. The first kappa shape index (κ1) is 19.9. The van der Waals surface area contributed by atoms with Crippen molar-refractivity contribution in [1.82, 2.24) is 4.90 Å². The fraction of sp³-hybridized carbons (Fsp3) is 0.435. The molecule has 1 unspecified atom stereocenters. The first-order valence-corrected chi connectivity index (χ1v) is 10.4. The molecule has 1 aliphatic heterocycles. The van der Waals surface area contributed by atoms with E-state index in [9.17, 15) is 4.79 Å². The highest BCUT2D eigenvalue weighted by Gasteiger charge is 2.34. The van der Waals surface area contributed by atoms with Crippen LogP contribution in [0.2, 0.25) is 5.02 Å². The van der Waals surface area contributed by atoms with Crippen LogP contribution in [-0.4, -0.2) is 37.2 Å². The third-order valence-corrected chi connectivity index (χ3v) is 5.92. The Morgan fingerprint density at radius 2 is 1.90 bits per heavy atom.